The van der Waals surface area contributed by atoms with E-state index in [4.69, 9.17) is 0 Å². The summed E-state index contributed by atoms with van der Waals surface area (Å²) in [5.74, 6) is 0.249. The summed E-state index contributed by atoms with van der Waals surface area (Å²) in [6.07, 6.45) is 7.03. The molecule has 3 aromatic heterocycles. The Morgan fingerprint density at radius 3 is 2.76 bits per heavy atom. The fourth-order valence-corrected chi connectivity index (χ4v) is 3.97. The summed E-state index contributed by atoms with van der Waals surface area (Å²) in [5, 5.41) is 0.705. The number of thiophene rings is 1. The van der Waals surface area contributed by atoms with Crippen molar-refractivity contribution < 1.29 is 0 Å². The standard InChI is InChI=1S/C19H18N4OS/c1-14(15-5-3-2-4-6-15)17-11-16-18(25-17)21-13-23(19(16)24)10-9-22-8-7-20-12-22/h2-8,11-14H,9-10H2,1H3. The topological polar surface area (TPSA) is 52.7 Å². The number of imidazole rings is 1. The van der Waals surface area contributed by atoms with E-state index in [1.165, 1.54) is 5.56 Å². The first-order valence-electron chi connectivity index (χ1n) is 8.22. The van der Waals surface area contributed by atoms with Gasteiger partial charge < -0.3 is 4.57 Å². The van der Waals surface area contributed by atoms with Crippen molar-refractivity contribution in [1.29, 1.82) is 0 Å². The molecule has 0 radical (unpaired) electrons. The van der Waals surface area contributed by atoms with Gasteiger partial charge in [-0.25, -0.2) is 9.97 Å². The SMILES string of the molecule is CC(c1ccccc1)c1cc2c(=O)n(CCn3ccnc3)cnc2s1. The van der Waals surface area contributed by atoms with Crippen LogP contribution < -0.4 is 5.56 Å². The second-order valence-electron chi connectivity index (χ2n) is 6.04. The summed E-state index contributed by atoms with van der Waals surface area (Å²) < 4.78 is 3.62. The second-order valence-corrected chi connectivity index (χ2v) is 7.11. The molecule has 1 unspecified atom stereocenters. The van der Waals surface area contributed by atoms with Crippen LogP contribution in [0, 0.1) is 0 Å². The number of benzene rings is 1. The van der Waals surface area contributed by atoms with Crippen LogP contribution in [0.4, 0.5) is 0 Å². The molecule has 0 fully saturated rings. The predicted octanol–water partition coefficient (Wildman–Crippen LogP) is 3.51. The minimum absolute atomic E-state index is 0.0212. The fraction of sp³-hybridized carbons (Fsp3) is 0.211. The maximum atomic E-state index is 12.8. The molecule has 0 spiro atoms. The van der Waals surface area contributed by atoms with Gasteiger partial charge in [-0.15, -0.1) is 11.3 Å². The smallest absolute Gasteiger partial charge is 0.262 e. The van der Waals surface area contributed by atoms with Crippen LogP contribution >= 0.6 is 11.3 Å². The number of aryl methyl sites for hydroxylation is 2. The molecule has 25 heavy (non-hydrogen) atoms. The van der Waals surface area contributed by atoms with Gasteiger partial charge in [-0.1, -0.05) is 37.3 Å². The van der Waals surface area contributed by atoms with Gasteiger partial charge in [0.2, 0.25) is 0 Å². The number of nitrogens with zero attached hydrogens (tertiary/aromatic N) is 4. The van der Waals surface area contributed by atoms with Crippen molar-refractivity contribution in [3.05, 3.63) is 82.2 Å². The maximum absolute atomic E-state index is 12.8. The van der Waals surface area contributed by atoms with Crippen LogP contribution in [0.5, 0.6) is 0 Å². The molecule has 1 aromatic carbocycles. The van der Waals surface area contributed by atoms with E-state index >= 15 is 0 Å². The lowest BCUT2D eigenvalue weighted by atomic mass is 10.00. The largest absolute Gasteiger partial charge is 0.336 e. The summed E-state index contributed by atoms with van der Waals surface area (Å²) in [7, 11) is 0. The number of fused-ring (bicyclic) bond motifs is 1. The summed E-state index contributed by atoms with van der Waals surface area (Å²) in [6, 6.07) is 12.3. The van der Waals surface area contributed by atoms with Gasteiger partial charge in [0.1, 0.15) is 4.83 Å². The third-order valence-corrected chi connectivity index (χ3v) is 5.65. The molecule has 0 bridgehead atoms. The van der Waals surface area contributed by atoms with Crippen molar-refractivity contribution in [3.8, 4) is 0 Å². The van der Waals surface area contributed by atoms with E-state index < -0.39 is 0 Å². The molecule has 0 saturated heterocycles. The van der Waals surface area contributed by atoms with E-state index in [0.29, 0.717) is 18.5 Å². The molecular weight excluding hydrogens is 332 g/mol. The zero-order chi connectivity index (χ0) is 17.2. The quantitative estimate of drug-likeness (QED) is 0.553. The molecule has 0 aliphatic carbocycles. The van der Waals surface area contributed by atoms with Gasteiger partial charge in [0.25, 0.3) is 5.56 Å². The second kappa shape index (κ2) is 6.64. The molecule has 5 nitrogen and oxygen atoms in total. The summed E-state index contributed by atoms with van der Waals surface area (Å²) >= 11 is 1.60. The van der Waals surface area contributed by atoms with E-state index in [2.05, 4.69) is 29.0 Å². The number of hydrogen-bond acceptors (Lipinski definition) is 4. The van der Waals surface area contributed by atoms with Crippen molar-refractivity contribution in [2.24, 2.45) is 0 Å². The fourth-order valence-electron chi connectivity index (χ4n) is 2.90. The van der Waals surface area contributed by atoms with Gasteiger partial charge in [-0.05, 0) is 11.6 Å². The summed E-state index contributed by atoms with van der Waals surface area (Å²) in [5.41, 5.74) is 1.27. The number of aromatic nitrogens is 4. The Morgan fingerprint density at radius 2 is 2.00 bits per heavy atom. The molecule has 0 aliphatic heterocycles. The Kier molecular flexibility index (Phi) is 4.19. The molecule has 4 rings (SSSR count). The molecule has 126 valence electrons. The number of rotatable bonds is 5. The molecule has 4 aromatic rings. The monoisotopic (exact) mass is 350 g/mol. The molecule has 0 amide bonds. The first kappa shape index (κ1) is 15.8. The highest BCUT2D eigenvalue weighted by Crippen LogP contribution is 2.32. The van der Waals surface area contributed by atoms with Crippen LogP contribution in [0.2, 0.25) is 0 Å². The van der Waals surface area contributed by atoms with Gasteiger partial charge in [0.15, 0.2) is 0 Å². The van der Waals surface area contributed by atoms with Crippen LogP contribution in [-0.2, 0) is 13.1 Å². The molecule has 0 N–H and O–H groups in total. The Balaban J connectivity index is 1.64. The lowest BCUT2D eigenvalue weighted by Gasteiger charge is -2.08. The Morgan fingerprint density at radius 1 is 1.16 bits per heavy atom. The molecule has 1 atom stereocenters. The lowest BCUT2D eigenvalue weighted by molar-refractivity contribution is 0.562. The van der Waals surface area contributed by atoms with Gasteiger partial charge in [-0.2, -0.15) is 0 Å². The summed E-state index contributed by atoms with van der Waals surface area (Å²) in [4.78, 5) is 23.3. The Bertz CT molecular complexity index is 1030. The molecular formula is C19H18N4OS. The number of hydrogen-bond donors (Lipinski definition) is 0. The molecule has 6 heteroatoms. The highest BCUT2D eigenvalue weighted by atomic mass is 32.1. The normalized spacial score (nSPS) is 12.5. The van der Waals surface area contributed by atoms with Crippen LogP contribution in [0.15, 0.2) is 66.2 Å². The van der Waals surface area contributed by atoms with E-state index in [-0.39, 0.29) is 11.5 Å². The average Bonchev–Trinajstić information content (AvgIpc) is 3.31. The highest BCUT2D eigenvalue weighted by Gasteiger charge is 2.15. The van der Waals surface area contributed by atoms with Gasteiger partial charge in [-0.3, -0.25) is 9.36 Å². The third-order valence-electron chi connectivity index (χ3n) is 4.42. The highest BCUT2D eigenvalue weighted by molar-refractivity contribution is 7.18. The zero-order valence-electron chi connectivity index (χ0n) is 13.9. The van der Waals surface area contributed by atoms with Gasteiger partial charge in [0.05, 0.1) is 18.0 Å². The van der Waals surface area contributed by atoms with Crippen molar-refractivity contribution in [2.75, 3.05) is 0 Å². The molecule has 3 heterocycles. The predicted molar refractivity (Wildman–Crippen MR) is 100 cm³/mol. The maximum Gasteiger partial charge on any atom is 0.262 e. The van der Waals surface area contributed by atoms with E-state index in [1.807, 2.05) is 35.0 Å². The minimum Gasteiger partial charge on any atom is -0.336 e. The van der Waals surface area contributed by atoms with Gasteiger partial charge >= 0.3 is 0 Å². The molecule has 0 aliphatic rings. The third kappa shape index (κ3) is 3.13. The molecule has 0 saturated carbocycles. The first-order valence-corrected chi connectivity index (χ1v) is 9.03. The van der Waals surface area contributed by atoms with Crippen molar-refractivity contribution in [3.63, 3.8) is 0 Å². The minimum atomic E-state index is 0.0212. The van der Waals surface area contributed by atoms with Crippen LogP contribution in [-0.4, -0.2) is 19.1 Å². The average molecular weight is 350 g/mol. The van der Waals surface area contributed by atoms with Crippen molar-refractivity contribution in [2.45, 2.75) is 25.9 Å². The lowest BCUT2D eigenvalue weighted by Crippen LogP contribution is -2.22. The summed E-state index contributed by atoms with van der Waals surface area (Å²) in [6.45, 7) is 3.44. The van der Waals surface area contributed by atoms with Crippen LogP contribution in [0.1, 0.15) is 23.3 Å². The van der Waals surface area contributed by atoms with E-state index in [0.717, 1.165) is 9.71 Å². The Hall–Kier alpha value is -2.73. The van der Waals surface area contributed by atoms with Crippen molar-refractivity contribution in [1.82, 2.24) is 19.1 Å². The van der Waals surface area contributed by atoms with Crippen molar-refractivity contribution >= 4 is 21.6 Å². The van der Waals surface area contributed by atoms with Gasteiger partial charge in [0, 0.05) is 36.3 Å². The van der Waals surface area contributed by atoms with E-state index in [9.17, 15) is 4.79 Å². The van der Waals surface area contributed by atoms with E-state index in [1.54, 1.807) is 34.8 Å². The van der Waals surface area contributed by atoms with Crippen LogP contribution in [0.3, 0.4) is 0 Å². The van der Waals surface area contributed by atoms with Crippen LogP contribution in [0.25, 0.3) is 10.2 Å². The zero-order valence-corrected chi connectivity index (χ0v) is 14.7. The first-order chi connectivity index (χ1) is 12.2. The Labute approximate surface area is 149 Å².